The van der Waals surface area contributed by atoms with E-state index in [9.17, 15) is 30.3 Å². The van der Waals surface area contributed by atoms with E-state index in [1.807, 2.05) is 0 Å². The molecule has 0 aromatic heterocycles. The van der Waals surface area contributed by atoms with Gasteiger partial charge in [0.15, 0.2) is 17.7 Å². The molecule has 10 nitrogen and oxygen atoms in total. The van der Waals surface area contributed by atoms with E-state index < -0.39 is 49.2 Å². The SMILES string of the molecule is N[C@@H](Cc1ccc(O)c(O)c1)C(=O)N[C@@H]1O[C@H](CO)[C@@H](O)[C@H](O)[C@H]1O. The molecule has 6 atom stereocenters. The number of ether oxygens (including phenoxy) is 1. The van der Waals surface area contributed by atoms with Crippen molar-refractivity contribution in [1.29, 1.82) is 0 Å². The Bertz CT molecular complexity index is 611. The molecule has 9 N–H and O–H groups in total. The van der Waals surface area contributed by atoms with Crippen LogP contribution in [0.3, 0.4) is 0 Å². The van der Waals surface area contributed by atoms with Crippen molar-refractivity contribution in [1.82, 2.24) is 5.32 Å². The van der Waals surface area contributed by atoms with Gasteiger partial charge in [-0.3, -0.25) is 4.79 Å². The normalized spacial score (nSPS) is 30.7. The summed E-state index contributed by atoms with van der Waals surface area (Å²) in [7, 11) is 0. The number of carbonyl (C=O) groups is 1. The maximum absolute atomic E-state index is 12.2. The number of amides is 1. The molecular formula is C15H22N2O8. The predicted molar refractivity (Wildman–Crippen MR) is 83.4 cm³/mol. The topological polar surface area (TPSA) is 186 Å². The van der Waals surface area contributed by atoms with Crippen LogP contribution in [0.4, 0.5) is 0 Å². The second-order valence-electron chi connectivity index (χ2n) is 5.89. The fourth-order valence-corrected chi connectivity index (χ4v) is 2.51. The van der Waals surface area contributed by atoms with Gasteiger partial charge in [0.1, 0.15) is 24.4 Å². The fraction of sp³-hybridized carbons (Fsp3) is 0.533. The summed E-state index contributed by atoms with van der Waals surface area (Å²) in [5.41, 5.74) is 6.27. The molecule has 0 spiro atoms. The molecule has 1 fully saturated rings. The molecule has 0 bridgehead atoms. The molecule has 10 heteroatoms. The zero-order chi connectivity index (χ0) is 18.7. The van der Waals surface area contributed by atoms with E-state index in [1.165, 1.54) is 18.2 Å². The number of benzene rings is 1. The minimum atomic E-state index is -1.61. The molecule has 0 unspecified atom stereocenters. The summed E-state index contributed by atoms with van der Waals surface area (Å²) in [6.07, 6.45) is -7.22. The quantitative estimate of drug-likeness (QED) is 0.252. The molecule has 1 amide bonds. The van der Waals surface area contributed by atoms with E-state index in [1.54, 1.807) is 0 Å². The molecule has 1 heterocycles. The summed E-state index contributed by atoms with van der Waals surface area (Å²) in [4.78, 5) is 12.2. The first kappa shape index (κ1) is 19.4. The maximum Gasteiger partial charge on any atom is 0.239 e. The van der Waals surface area contributed by atoms with Crippen LogP contribution in [-0.4, -0.2) is 79.8 Å². The van der Waals surface area contributed by atoms with Crippen molar-refractivity contribution in [2.24, 2.45) is 5.73 Å². The average molecular weight is 358 g/mol. The number of carbonyl (C=O) groups excluding carboxylic acids is 1. The Labute approximate surface area is 143 Å². The number of nitrogens with two attached hydrogens (primary N) is 1. The van der Waals surface area contributed by atoms with Gasteiger partial charge < -0.3 is 46.4 Å². The van der Waals surface area contributed by atoms with Gasteiger partial charge in [-0.25, -0.2) is 0 Å². The monoisotopic (exact) mass is 358 g/mol. The lowest BCUT2D eigenvalue weighted by Gasteiger charge is -2.40. The van der Waals surface area contributed by atoms with Crippen LogP contribution in [0.2, 0.25) is 0 Å². The summed E-state index contributed by atoms with van der Waals surface area (Å²) in [5, 5.41) is 59.4. The lowest BCUT2D eigenvalue weighted by atomic mass is 9.98. The number of aliphatic hydroxyl groups excluding tert-OH is 4. The molecule has 1 aromatic carbocycles. The zero-order valence-electron chi connectivity index (χ0n) is 13.2. The van der Waals surface area contributed by atoms with Gasteiger partial charge in [-0.15, -0.1) is 0 Å². The molecule has 0 aliphatic carbocycles. The Hall–Kier alpha value is -1.95. The largest absolute Gasteiger partial charge is 0.504 e. The number of aromatic hydroxyl groups is 2. The molecule has 25 heavy (non-hydrogen) atoms. The molecule has 2 rings (SSSR count). The van der Waals surface area contributed by atoms with Gasteiger partial charge in [0, 0.05) is 0 Å². The van der Waals surface area contributed by atoms with Crippen LogP contribution in [-0.2, 0) is 16.0 Å². The first-order valence-electron chi connectivity index (χ1n) is 7.62. The van der Waals surface area contributed by atoms with Crippen LogP contribution in [0.25, 0.3) is 0 Å². The zero-order valence-corrected chi connectivity index (χ0v) is 13.2. The molecule has 140 valence electrons. The van der Waals surface area contributed by atoms with Gasteiger partial charge in [-0.2, -0.15) is 0 Å². The summed E-state index contributed by atoms with van der Waals surface area (Å²) in [6.45, 7) is -0.615. The van der Waals surface area contributed by atoms with Crippen molar-refractivity contribution < 1.29 is 40.2 Å². The highest BCUT2D eigenvalue weighted by Gasteiger charge is 2.44. The second-order valence-corrected chi connectivity index (χ2v) is 5.89. The standard InChI is InChI=1S/C15H22N2O8/c16-7(3-6-1-2-8(19)9(20)4-6)14(24)17-15-13(23)12(22)11(21)10(5-18)25-15/h1-2,4,7,10-13,15,18-23H,3,5,16H2,(H,17,24)/t7-,10+,11+,12-,13+,15+/m0/s1. The summed E-state index contributed by atoms with van der Waals surface area (Å²) < 4.78 is 5.17. The molecule has 1 aromatic rings. The Morgan fingerprint density at radius 3 is 2.44 bits per heavy atom. The highest BCUT2D eigenvalue weighted by atomic mass is 16.6. The Morgan fingerprint density at radius 1 is 1.16 bits per heavy atom. The van der Waals surface area contributed by atoms with Crippen molar-refractivity contribution in [2.75, 3.05) is 6.61 Å². The Kier molecular flexibility index (Phi) is 6.16. The predicted octanol–water partition coefficient (Wildman–Crippen LogP) is -3.12. The number of hydrogen-bond acceptors (Lipinski definition) is 9. The Balaban J connectivity index is 1.98. The lowest BCUT2D eigenvalue weighted by molar-refractivity contribution is -0.236. The Morgan fingerprint density at radius 2 is 1.84 bits per heavy atom. The second kappa shape index (κ2) is 7.95. The molecule has 0 saturated carbocycles. The van der Waals surface area contributed by atoms with Gasteiger partial charge >= 0.3 is 0 Å². The van der Waals surface area contributed by atoms with Gasteiger partial charge in [-0.05, 0) is 24.1 Å². The number of hydrogen-bond donors (Lipinski definition) is 8. The van der Waals surface area contributed by atoms with Crippen LogP contribution >= 0.6 is 0 Å². The van der Waals surface area contributed by atoms with E-state index >= 15 is 0 Å². The third kappa shape index (κ3) is 4.37. The van der Waals surface area contributed by atoms with Crippen molar-refractivity contribution in [2.45, 2.75) is 43.1 Å². The molecular weight excluding hydrogens is 336 g/mol. The number of rotatable bonds is 5. The van der Waals surface area contributed by atoms with Gasteiger partial charge in [0.2, 0.25) is 5.91 Å². The summed E-state index contributed by atoms with van der Waals surface area (Å²) in [6, 6.07) is 2.93. The van der Waals surface area contributed by atoms with E-state index in [-0.39, 0.29) is 17.9 Å². The smallest absolute Gasteiger partial charge is 0.239 e. The van der Waals surface area contributed by atoms with E-state index in [0.717, 1.165) is 0 Å². The molecule has 1 aliphatic heterocycles. The van der Waals surface area contributed by atoms with Crippen LogP contribution < -0.4 is 11.1 Å². The van der Waals surface area contributed by atoms with E-state index in [2.05, 4.69) is 5.32 Å². The van der Waals surface area contributed by atoms with Crippen LogP contribution in [0.15, 0.2) is 18.2 Å². The minimum absolute atomic E-state index is 0.0249. The third-order valence-corrected chi connectivity index (χ3v) is 4.01. The van der Waals surface area contributed by atoms with Crippen LogP contribution in [0.1, 0.15) is 5.56 Å². The van der Waals surface area contributed by atoms with Gasteiger partial charge in [-0.1, -0.05) is 6.07 Å². The molecule has 1 aliphatic rings. The highest BCUT2D eigenvalue weighted by Crippen LogP contribution is 2.25. The molecule has 0 radical (unpaired) electrons. The maximum atomic E-state index is 12.2. The van der Waals surface area contributed by atoms with Gasteiger partial charge in [0.05, 0.1) is 12.6 Å². The molecule has 1 saturated heterocycles. The van der Waals surface area contributed by atoms with E-state index in [0.29, 0.717) is 5.56 Å². The first-order valence-corrected chi connectivity index (χ1v) is 7.62. The number of aliphatic hydroxyl groups is 4. The van der Waals surface area contributed by atoms with Crippen LogP contribution in [0.5, 0.6) is 11.5 Å². The summed E-state index contributed by atoms with van der Waals surface area (Å²) in [5.74, 6) is -1.36. The third-order valence-electron chi connectivity index (χ3n) is 4.01. The van der Waals surface area contributed by atoms with Gasteiger partial charge in [0.25, 0.3) is 0 Å². The lowest BCUT2D eigenvalue weighted by Crippen LogP contribution is -2.64. The minimum Gasteiger partial charge on any atom is -0.504 e. The first-order chi connectivity index (χ1) is 11.7. The number of phenolic OH excluding ortho intramolecular Hbond substituents is 2. The number of phenols is 2. The van der Waals surface area contributed by atoms with Crippen molar-refractivity contribution in [3.8, 4) is 11.5 Å². The number of nitrogens with one attached hydrogen (secondary N) is 1. The van der Waals surface area contributed by atoms with Crippen molar-refractivity contribution >= 4 is 5.91 Å². The summed E-state index contributed by atoms with van der Waals surface area (Å²) >= 11 is 0. The van der Waals surface area contributed by atoms with Crippen molar-refractivity contribution in [3.63, 3.8) is 0 Å². The fourth-order valence-electron chi connectivity index (χ4n) is 2.51. The van der Waals surface area contributed by atoms with Crippen LogP contribution in [0, 0.1) is 0 Å². The van der Waals surface area contributed by atoms with E-state index in [4.69, 9.17) is 15.6 Å². The average Bonchev–Trinajstić information content (AvgIpc) is 2.58. The van der Waals surface area contributed by atoms with Crippen molar-refractivity contribution in [3.05, 3.63) is 23.8 Å². The highest BCUT2D eigenvalue weighted by molar-refractivity contribution is 5.82.